The number of imidazole rings is 1. The Morgan fingerprint density at radius 2 is 1.86 bits per heavy atom. The Kier molecular flexibility index (Phi) is 5.62. The molecule has 1 heterocycles. The fourth-order valence-corrected chi connectivity index (χ4v) is 2.63. The molecule has 0 aliphatic carbocycles. The first-order chi connectivity index (χ1) is 13.8. The molecule has 0 radical (unpaired) electrons. The topological polar surface area (TPSA) is 85.6 Å². The van der Waals surface area contributed by atoms with Gasteiger partial charge in [0.2, 0.25) is 5.82 Å². The molecule has 1 amide bonds. The highest BCUT2D eigenvalue weighted by Crippen LogP contribution is 2.31. The van der Waals surface area contributed by atoms with Crippen LogP contribution in [0.4, 0.5) is 13.2 Å². The lowest BCUT2D eigenvalue weighted by molar-refractivity contribution is -0.147. The van der Waals surface area contributed by atoms with Crippen LogP contribution >= 0.6 is 0 Å². The summed E-state index contributed by atoms with van der Waals surface area (Å²) in [4.78, 5) is 27.1. The zero-order valence-electron chi connectivity index (χ0n) is 15.1. The summed E-state index contributed by atoms with van der Waals surface area (Å²) in [5, 5.41) is 3.73. The second-order valence-corrected chi connectivity index (χ2v) is 5.91. The lowest BCUT2D eigenvalue weighted by Crippen LogP contribution is -2.26. The number of hydrogen-bond donors (Lipinski definition) is 1. The SMILES string of the molecule is COC(=O)c1ccc(/C=N/NC(=O)Cn2c(C(F)(F)F)nc3ccccc32)cc1. The van der Waals surface area contributed by atoms with Crippen molar-refractivity contribution < 1.29 is 27.5 Å². The first kappa shape index (κ1) is 20.1. The van der Waals surface area contributed by atoms with Gasteiger partial charge in [-0.1, -0.05) is 24.3 Å². The van der Waals surface area contributed by atoms with E-state index in [9.17, 15) is 22.8 Å². The number of para-hydroxylation sites is 2. The molecule has 7 nitrogen and oxygen atoms in total. The fraction of sp³-hybridized carbons (Fsp3) is 0.158. The highest BCUT2D eigenvalue weighted by Gasteiger charge is 2.37. The zero-order valence-corrected chi connectivity index (χ0v) is 15.1. The van der Waals surface area contributed by atoms with Crippen molar-refractivity contribution in [2.45, 2.75) is 12.7 Å². The molecule has 0 saturated carbocycles. The number of benzene rings is 2. The Bertz CT molecular complexity index is 1070. The van der Waals surface area contributed by atoms with Gasteiger partial charge in [-0.2, -0.15) is 18.3 Å². The van der Waals surface area contributed by atoms with E-state index < -0.39 is 30.4 Å². The van der Waals surface area contributed by atoms with Gasteiger partial charge in [0, 0.05) is 0 Å². The van der Waals surface area contributed by atoms with Crippen LogP contribution in [0.2, 0.25) is 0 Å². The third-order valence-electron chi connectivity index (χ3n) is 3.94. The van der Waals surface area contributed by atoms with Gasteiger partial charge in [0.05, 0.1) is 29.9 Å². The van der Waals surface area contributed by atoms with Crippen LogP contribution in [0, 0.1) is 0 Å². The van der Waals surface area contributed by atoms with Crippen LogP contribution in [-0.4, -0.2) is 34.8 Å². The Morgan fingerprint density at radius 3 is 2.52 bits per heavy atom. The van der Waals surface area contributed by atoms with Crippen molar-refractivity contribution in [1.82, 2.24) is 15.0 Å². The molecule has 0 aliphatic heterocycles. The first-order valence-electron chi connectivity index (χ1n) is 8.32. The minimum absolute atomic E-state index is 0.141. The number of methoxy groups -OCH3 is 1. The van der Waals surface area contributed by atoms with Crippen molar-refractivity contribution in [2.24, 2.45) is 5.10 Å². The van der Waals surface area contributed by atoms with Crippen LogP contribution in [0.15, 0.2) is 53.6 Å². The summed E-state index contributed by atoms with van der Waals surface area (Å²) < 4.78 is 45.1. The third kappa shape index (κ3) is 4.60. The van der Waals surface area contributed by atoms with Crippen molar-refractivity contribution in [3.8, 4) is 0 Å². The zero-order chi connectivity index (χ0) is 21.0. The summed E-state index contributed by atoms with van der Waals surface area (Å²) >= 11 is 0. The molecule has 1 N–H and O–H groups in total. The van der Waals surface area contributed by atoms with Gasteiger partial charge in [0.25, 0.3) is 5.91 Å². The molecular weight excluding hydrogens is 389 g/mol. The van der Waals surface area contributed by atoms with Crippen molar-refractivity contribution in [1.29, 1.82) is 0 Å². The summed E-state index contributed by atoms with van der Waals surface area (Å²) in [5.41, 5.74) is 3.44. The number of hydrogen-bond acceptors (Lipinski definition) is 5. The molecule has 2 aromatic carbocycles. The maximum Gasteiger partial charge on any atom is 0.449 e. The summed E-state index contributed by atoms with van der Waals surface area (Å²) in [7, 11) is 1.26. The Morgan fingerprint density at radius 1 is 1.17 bits per heavy atom. The number of nitrogens with zero attached hydrogens (tertiary/aromatic N) is 3. The van der Waals surface area contributed by atoms with Crippen LogP contribution < -0.4 is 5.43 Å². The number of ether oxygens (including phenoxy) is 1. The quantitative estimate of drug-likeness (QED) is 0.403. The number of carbonyl (C=O) groups is 2. The van der Waals surface area contributed by atoms with Crippen LogP contribution in [-0.2, 0) is 22.3 Å². The lowest BCUT2D eigenvalue weighted by atomic mass is 10.1. The van der Waals surface area contributed by atoms with E-state index in [4.69, 9.17) is 0 Å². The minimum Gasteiger partial charge on any atom is -0.465 e. The van der Waals surface area contributed by atoms with E-state index in [2.05, 4.69) is 20.2 Å². The van der Waals surface area contributed by atoms with Gasteiger partial charge < -0.3 is 9.30 Å². The molecule has 3 aromatic rings. The highest BCUT2D eigenvalue weighted by molar-refractivity contribution is 5.91. The number of aromatic nitrogens is 2. The number of esters is 1. The van der Waals surface area contributed by atoms with E-state index >= 15 is 0 Å². The van der Waals surface area contributed by atoms with E-state index in [0.29, 0.717) is 11.1 Å². The van der Waals surface area contributed by atoms with Gasteiger partial charge in [0.15, 0.2) is 0 Å². The molecule has 3 rings (SSSR count). The number of amides is 1. The van der Waals surface area contributed by atoms with Gasteiger partial charge in [0.1, 0.15) is 6.54 Å². The predicted octanol–water partition coefficient (Wildman–Crippen LogP) is 2.99. The molecular formula is C19H15F3N4O3. The van der Waals surface area contributed by atoms with Crippen molar-refractivity contribution >= 4 is 29.1 Å². The predicted molar refractivity (Wildman–Crippen MR) is 98.3 cm³/mol. The molecule has 0 unspecified atom stereocenters. The van der Waals surface area contributed by atoms with Crippen LogP contribution in [0.5, 0.6) is 0 Å². The van der Waals surface area contributed by atoms with Gasteiger partial charge in [-0.15, -0.1) is 0 Å². The van der Waals surface area contributed by atoms with E-state index in [-0.39, 0.29) is 11.0 Å². The lowest BCUT2D eigenvalue weighted by Gasteiger charge is -2.10. The summed E-state index contributed by atoms with van der Waals surface area (Å²) in [5.74, 6) is -2.40. The number of nitrogens with one attached hydrogen (secondary N) is 1. The average Bonchev–Trinajstić information content (AvgIpc) is 3.07. The second-order valence-electron chi connectivity index (χ2n) is 5.91. The van der Waals surface area contributed by atoms with Gasteiger partial charge in [-0.3, -0.25) is 4.79 Å². The average molecular weight is 404 g/mol. The fourth-order valence-electron chi connectivity index (χ4n) is 2.63. The van der Waals surface area contributed by atoms with Crippen LogP contribution in [0.3, 0.4) is 0 Å². The molecule has 0 spiro atoms. The Balaban J connectivity index is 1.71. The summed E-state index contributed by atoms with van der Waals surface area (Å²) in [6, 6.07) is 12.2. The van der Waals surface area contributed by atoms with E-state index in [1.165, 1.54) is 37.6 Å². The molecule has 0 aliphatic rings. The molecule has 10 heteroatoms. The van der Waals surface area contributed by atoms with Crippen molar-refractivity contribution in [3.63, 3.8) is 0 Å². The van der Waals surface area contributed by atoms with E-state index in [1.54, 1.807) is 24.3 Å². The normalized spacial score (nSPS) is 11.7. The molecule has 0 saturated heterocycles. The smallest absolute Gasteiger partial charge is 0.449 e. The number of rotatable bonds is 5. The van der Waals surface area contributed by atoms with Crippen molar-refractivity contribution in [2.75, 3.05) is 7.11 Å². The van der Waals surface area contributed by atoms with E-state index in [0.717, 1.165) is 4.57 Å². The van der Waals surface area contributed by atoms with Gasteiger partial charge in [-0.05, 0) is 29.8 Å². The molecule has 29 heavy (non-hydrogen) atoms. The minimum atomic E-state index is -4.70. The second kappa shape index (κ2) is 8.13. The van der Waals surface area contributed by atoms with E-state index in [1.807, 2.05) is 0 Å². The van der Waals surface area contributed by atoms with Crippen LogP contribution in [0.25, 0.3) is 11.0 Å². The molecule has 1 aromatic heterocycles. The maximum atomic E-state index is 13.2. The molecule has 150 valence electrons. The summed E-state index contributed by atoms with van der Waals surface area (Å²) in [6.45, 7) is -0.603. The standard InChI is InChI=1S/C19H15F3N4O3/c1-29-17(28)13-8-6-12(7-9-13)10-23-25-16(27)11-26-15-5-3-2-4-14(15)24-18(26)19(20,21)22/h2-10H,11H2,1H3,(H,25,27)/b23-10+. The monoisotopic (exact) mass is 404 g/mol. The number of alkyl halides is 3. The largest absolute Gasteiger partial charge is 0.465 e. The number of halogens is 3. The number of hydrazone groups is 1. The first-order valence-corrected chi connectivity index (χ1v) is 8.32. The number of carbonyl (C=O) groups excluding carboxylic acids is 2. The van der Waals surface area contributed by atoms with Gasteiger partial charge >= 0.3 is 12.1 Å². The highest BCUT2D eigenvalue weighted by atomic mass is 19.4. The summed E-state index contributed by atoms with van der Waals surface area (Å²) in [6.07, 6.45) is -3.40. The molecule has 0 fully saturated rings. The Hall–Kier alpha value is -3.69. The number of fused-ring (bicyclic) bond motifs is 1. The third-order valence-corrected chi connectivity index (χ3v) is 3.94. The van der Waals surface area contributed by atoms with Crippen LogP contribution in [0.1, 0.15) is 21.7 Å². The Labute approximate surface area is 162 Å². The van der Waals surface area contributed by atoms with Gasteiger partial charge in [-0.25, -0.2) is 15.2 Å². The molecule has 0 bridgehead atoms. The molecule has 0 atom stereocenters. The maximum absolute atomic E-state index is 13.2. The van der Waals surface area contributed by atoms with Crippen molar-refractivity contribution in [3.05, 3.63) is 65.5 Å².